The van der Waals surface area contributed by atoms with Gasteiger partial charge in [0.1, 0.15) is 5.04 Å². The summed E-state index contributed by atoms with van der Waals surface area (Å²) >= 11 is 1.78. The van der Waals surface area contributed by atoms with Crippen LogP contribution in [0, 0.1) is 13.8 Å². The maximum atomic E-state index is 4.69. The van der Waals surface area contributed by atoms with E-state index in [0.29, 0.717) is 5.95 Å². The molecule has 0 aliphatic carbocycles. The summed E-state index contributed by atoms with van der Waals surface area (Å²) in [7, 11) is 0. The maximum absolute atomic E-state index is 4.69. The first-order chi connectivity index (χ1) is 9.72. The monoisotopic (exact) mass is 284 g/mol. The van der Waals surface area contributed by atoms with Crippen LogP contribution in [0.1, 0.15) is 17.0 Å². The topological polar surface area (TPSA) is 41.4 Å². The third-order valence-electron chi connectivity index (χ3n) is 2.98. The van der Waals surface area contributed by atoms with E-state index < -0.39 is 0 Å². The normalized spacial score (nSPS) is 15.1. The lowest BCUT2D eigenvalue weighted by atomic mass is 10.2. The SMILES string of the molecule is Cc1cc(C)nc(N2CCSC(c3ccccc3)=N2)n1. The summed E-state index contributed by atoms with van der Waals surface area (Å²) in [4.78, 5) is 8.97. The average molecular weight is 284 g/mol. The molecule has 0 unspecified atom stereocenters. The molecule has 1 aliphatic rings. The molecule has 0 saturated heterocycles. The second-order valence-corrected chi connectivity index (χ2v) is 5.78. The van der Waals surface area contributed by atoms with Gasteiger partial charge in [-0.25, -0.2) is 15.0 Å². The van der Waals surface area contributed by atoms with Crippen LogP contribution in [-0.2, 0) is 0 Å². The molecule has 1 aromatic heterocycles. The van der Waals surface area contributed by atoms with Crippen molar-refractivity contribution in [3.8, 4) is 0 Å². The van der Waals surface area contributed by atoms with E-state index >= 15 is 0 Å². The van der Waals surface area contributed by atoms with Gasteiger partial charge in [0, 0.05) is 22.7 Å². The van der Waals surface area contributed by atoms with Crippen LogP contribution in [-0.4, -0.2) is 27.3 Å². The summed E-state index contributed by atoms with van der Waals surface area (Å²) in [6.07, 6.45) is 0. The number of hydrazone groups is 1. The molecule has 0 amide bonds. The Balaban J connectivity index is 1.94. The molecule has 0 spiro atoms. The van der Waals surface area contributed by atoms with Gasteiger partial charge in [-0.05, 0) is 19.9 Å². The minimum atomic E-state index is 0.691. The number of benzene rings is 1. The van der Waals surface area contributed by atoms with E-state index in [1.165, 1.54) is 0 Å². The molecule has 0 bridgehead atoms. The van der Waals surface area contributed by atoms with Crippen LogP contribution in [0.15, 0.2) is 41.5 Å². The summed E-state index contributed by atoms with van der Waals surface area (Å²) in [6, 6.07) is 12.2. The number of hydrogen-bond donors (Lipinski definition) is 0. The van der Waals surface area contributed by atoms with Gasteiger partial charge in [0.25, 0.3) is 0 Å². The van der Waals surface area contributed by atoms with Gasteiger partial charge < -0.3 is 0 Å². The summed E-state index contributed by atoms with van der Waals surface area (Å²) in [5.74, 6) is 1.68. The highest BCUT2D eigenvalue weighted by molar-refractivity contribution is 8.14. The standard InChI is InChI=1S/C15H16N4S/c1-11-10-12(2)17-15(16-11)19-8-9-20-14(18-19)13-6-4-3-5-7-13/h3-7,10H,8-9H2,1-2H3. The molecular weight excluding hydrogens is 268 g/mol. The van der Waals surface area contributed by atoms with Crippen molar-refractivity contribution in [3.05, 3.63) is 53.3 Å². The molecule has 2 heterocycles. The van der Waals surface area contributed by atoms with Crippen molar-refractivity contribution < 1.29 is 0 Å². The zero-order chi connectivity index (χ0) is 13.9. The summed E-state index contributed by atoms with van der Waals surface area (Å²) < 4.78 is 0. The van der Waals surface area contributed by atoms with Crippen LogP contribution < -0.4 is 5.01 Å². The molecule has 0 atom stereocenters. The zero-order valence-electron chi connectivity index (χ0n) is 11.6. The Morgan fingerprint density at radius 1 is 1.05 bits per heavy atom. The highest BCUT2D eigenvalue weighted by atomic mass is 32.2. The molecule has 1 aliphatic heterocycles. The third-order valence-corrected chi connectivity index (χ3v) is 3.95. The Hall–Kier alpha value is -1.88. The molecule has 2 aromatic rings. The fraction of sp³-hybridized carbons (Fsp3) is 0.267. The minimum Gasteiger partial charge on any atom is -0.230 e. The lowest BCUT2D eigenvalue weighted by molar-refractivity contribution is 0.831. The van der Waals surface area contributed by atoms with Crippen LogP contribution >= 0.6 is 11.8 Å². The van der Waals surface area contributed by atoms with Gasteiger partial charge in [0.05, 0.1) is 6.54 Å². The predicted molar refractivity (Wildman–Crippen MR) is 84.3 cm³/mol. The molecule has 0 saturated carbocycles. The summed E-state index contributed by atoms with van der Waals surface area (Å²) in [5.41, 5.74) is 3.09. The molecular formula is C15H16N4S. The van der Waals surface area contributed by atoms with Crippen LogP contribution in [0.3, 0.4) is 0 Å². The number of thioether (sulfide) groups is 1. The fourth-order valence-corrected chi connectivity index (χ4v) is 3.02. The number of hydrogen-bond acceptors (Lipinski definition) is 5. The Kier molecular flexibility index (Phi) is 3.69. The van der Waals surface area contributed by atoms with Gasteiger partial charge in [-0.3, -0.25) is 0 Å². The fourth-order valence-electron chi connectivity index (χ4n) is 2.11. The molecule has 20 heavy (non-hydrogen) atoms. The third kappa shape index (κ3) is 2.82. The Morgan fingerprint density at radius 2 is 1.75 bits per heavy atom. The summed E-state index contributed by atoms with van der Waals surface area (Å²) in [5, 5.41) is 7.62. The van der Waals surface area contributed by atoms with Crippen molar-refractivity contribution in [1.29, 1.82) is 0 Å². The Bertz CT molecular complexity index is 619. The molecule has 102 valence electrons. The highest BCUT2D eigenvalue weighted by Crippen LogP contribution is 2.22. The molecule has 0 fully saturated rings. The van der Waals surface area contributed by atoms with Gasteiger partial charge in [-0.1, -0.05) is 30.3 Å². The van der Waals surface area contributed by atoms with Crippen LogP contribution in [0.5, 0.6) is 0 Å². The van der Waals surface area contributed by atoms with Crippen molar-refractivity contribution >= 4 is 22.8 Å². The molecule has 1 aromatic carbocycles. The van der Waals surface area contributed by atoms with E-state index in [-0.39, 0.29) is 0 Å². The van der Waals surface area contributed by atoms with E-state index in [9.17, 15) is 0 Å². The van der Waals surface area contributed by atoms with Crippen LogP contribution in [0.2, 0.25) is 0 Å². The first kappa shape index (κ1) is 13.1. The van der Waals surface area contributed by atoms with E-state index in [0.717, 1.165) is 34.3 Å². The minimum absolute atomic E-state index is 0.691. The van der Waals surface area contributed by atoms with Crippen molar-refractivity contribution in [2.75, 3.05) is 17.3 Å². The van der Waals surface area contributed by atoms with Gasteiger partial charge in [-0.2, -0.15) is 5.10 Å². The number of rotatable bonds is 2. The van der Waals surface area contributed by atoms with Crippen LogP contribution in [0.25, 0.3) is 0 Å². The van der Waals surface area contributed by atoms with Crippen LogP contribution in [0.4, 0.5) is 5.95 Å². The number of nitrogens with zero attached hydrogens (tertiary/aromatic N) is 4. The van der Waals surface area contributed by atoms with E-state index in [1.54, 1.807) is 11.8 Å². The largest absolute Gasteiger partial charge is 0.246 e. The Morgan fingerprint density at radius 3 is 2.45 bits per heavy atom. The van der Waals surface area contributed by atoms with Gasteiger partial charge >= 0.3 is 0 Å². The second kappa shape index (κ2) is 5.63. The van der Waals surface area contributed by atoms with E-state index in [4.69, 9.17) is 5.10 Å². The van der Waals surface area contributed by atoms with Gasteiger partial charge in [0.2, 0.25) is 5.95 Å². The highest BCUT2D eigenvalue weighted by Gasteiger charge is 2.17. The average Bonchev–Trinajstić information content (AvgIpc) is 2.47. The van der Waals surface area contributed by atoms with E-state index in [1.807, 2.05) is 43.1 Å². The van der Waals surface area contributed by atoms with Gasteiger partial charge in [-0.15, -0.1) is 11.8 Å². The van der Waals surface area contributed by atoms with Gasteiger partial charge in [0.15, 0.2) is 0 Å². The maximum Gasteiger partial charge on any atom is 0.246 e. The van der Waals surface area contributed by atoms with Crippen molar-refractivity contribution in [3.63, 3.8) is 0 Å². The van der Waals surface area contributed by atoms with Crippen molar-refractivity contribution in [2.24, 2.45) is 5.10 Å². The number of anilines is 1. The molecule has 5 heteroatoms. The van der Waals surface area contributed by atoms with E-state index in [2.05, 4.69) is 22.1 Å². The summed E-state index contributed by atoms with van der Waals surface area (Å²) in [6.45, 7) is 4.81. The zero-order valence-corrected chi connectivity index (χ0v) is 12.4. The first-order valence-electron chi connectivity index (χ1n) is 6.59. The number of aromatic nitrogens is 2. The molecule has 4 nitrogen and oxygen atoms in total. The molecule has 0 radical (unpaired) electrons. The van der Waals surface area contributed by atoms with Crippen molar-refractivity contribution in [1.82, 2.24) is 9.97 Å². The first-order valence-corrected chi connectivity index (χ1v) is 7.57. The second-order valence-electron chi connectivity index (χ2n) is 4.69. The molecule has 3 rings (SSSR count). The quantitative estimate of drug-likeness (QED) is 0.850. The smallest absolute Gasteiger partial charge is 0.230 e. The predicted octanol–water partition coefficient (Wildman–Crippen LogP) is 3.01. The Labute approximate surface area is 122 Å². The lowest BCUT2D eigenvalue weighted by Crippen LogP contribution is -2.28. The van der Waals surface area contributed by atoms with Crippen molar-refractivity contribution in [2.45, 2.75) is 13.8 Å². The number of aryl methyl sites for hydroxylation is 2. The molecule has 0 N–H and O–H groups in total. The lowest BCUT2D eigenvalue weighted by Gasteiger charge is -2.23.